The molecule has 3 aromatic rings. The van der Waals surface area contributed by atoms with E-state index in [1.807, 2.05) is 0 Å². The van der Waals surface area contributed by atoms with E-state index < -0.39 is 43.3 Å². The molecule has 0 spiro atoms. The van der Waals surface area contributed by atoms with E-state index in [0.29, 0.717) is 30.1 Å². The van der Waals surface area contributed by atoms with Crippen molar-refractivity contribution < 1.29 is 68.6 Å². The lowest BCUT2D eigenvalue weighted by Crippen LogP contribution is -2.60. The molecule has 0 amide bonds. The SMILES string of the molecule is COc1cc(C[C@@H](CO)[C@@H](CO)Cc2ccc(O[C@@H]3O[C@@H](COC(=O)c4ccc(OC)c(OC)c4)[C@H](O)[C@H](O)[C@@H]3O)c(OC)c2)ccc1O. The minimum absolute atomic E-state index is 0.00167. The van der Waals surface area contributed by atoms with Crippen LogP contribution >= 0.6 is 0 Å². The smallest absolute Gasteiger partial charge is 0.338 e. The minimum Gasteiger partial charge on any atom is -0.504 e. The second-order valence-corrected chi connectivity index (χ2v) is 11.6. The third-order valence-corrected chi connectivity index (χ3v) is 8.51. The molecule has 0 radical (unpaired) electrons. The Bertz CT molecular complexity index is 1530. The molecular weight excluding hydrogens is 644 g/mol. The summed E-state index contributed by atoms with van der Waals surface area (Å²) in [5, 5.41) is 62.1. The molecule has 7 atom stereocenters. The average molecular weight is 689 g/mol. The lowest BCUT2D eigenvalue weighted by molar-refractivity contribution is -0.277. The fourth-order valence-electron chi connectivity index (χ4n) is 5.63. The molecule has 1 aliphatic heterocycles. The summed E-state index contributed by atoms with van der Waals surface area (Å²) in [4.78, 5) is 12.7. The van der Waals surface area contributed by atoms with Crippen LogP contribution in [0.25, 0.3) is 0 Å². The Kier molecular flexibility index (Phi) is 13.3. The summed E-state index contributed by atoms with van der Waals surface area (Å²) in [7, 11) is 5.74. The van der Waals surface area contributed by atoms with Crippen molar-refractivity contribution in [2.45, 2.75) is 43.5 Å². The molecule has 0 bridgehead atoms. The van der Waals surface area contributed by atoms with E-state index >= 15 is 0 Å². The molecule has 0 aliphatic carbocycles. The van der Waals surface area contributed by atoms with Crippen molar-refractivity contribution in [1.29, 1.82) is 0 Å². The zero-order chi connectivity index (χ0) is 35.7. The van der Waals surface area contributed by atoms with E-state index in [1.165, 1.54) is 52.7 Å². The number of rotatable bonds is 16. The number of esters is 1. The van der Waals surface area contributed by atoms with Gasteiger partial charge in [-0.2, -0.15) is 0 Å². The van der Waals surface area contributed by atoms with Gasteiger partial charge in [0.1, 0.15) is 31.0 Å². The Morgan fingerprint density at radius 1 is 0.694 bits per heavy atom. The van der Waals surface area contributed by atoms with Gasteiger partial charge in [0.15, 0.2) is 34.5 Å². The zero-order valence-corrected chi connectivity index (χ0v) is 27.7. The molecule has 1 saturated heterocycles. The lowest BCUT2D eigenvalue weighted by Gasteiger charge is -2.40. The summed E-state index contributed by atoms with van der Waals surface area (Å²) < 4.78 is 38.1. The first-order valence-electron chi connectivity index (χ1n) is 15.6. The number of hydrogen-bond acceptors (Lipinski definition) is 14. The number of methoxy groups -OCH3 is 4. The van der Waals surface area contributed by atoms with Gasteiger partial charge in [-0.05, 0) is 78.3 Å². The maximum absolute atomic E-state index is 12.7. The van der Waals surface area contributed by atoms with E-state index in [0.717, 1.165) is 11.1 Å². The predicted molar refractivity (Wildman–Crippen MR) is 173 cm³/mol. The molecule has 0 aromatic heterocycles. The zero-order valence-electron chi connectivity index (χ0n) is 27.7. The molecule has 6 N–H and O–H groups in total. The summed E-state index contributed by atoms with van der Waals surface area (Å²) in [5.74, 6) is 0.0310. The van der Waals surface area contributed by atoms with Gasteiger partial charge in [-0.1, -0.05) is 12.1 Å². The number of aliphatic hydroxyl groups excluding tert-OH is 5. The standard InChI is InChI=1S/C35H44O14/c1-43-25-10-7-21(15-29(25)46-4)34(42)47-18-30-31(39)32(40)33(41)35(49-30)48-26-9-6-20(14-28(26)45-3)12-23(17-37)22(16-36)11-19-5-8-24(38)27(13-19)44-2/h5-10,13-15,22-23,30-33,35-41H,11-12,16-18H2,1-4H3/t22-,23+,30-,31-,32-,33-,35+/m0/s1. The summed E-state index contributed by atoms with van der Waals surface area (Å²) in [6, 6.07) is 14.3. The van der Waals surface area contributed by atoms with Gasteiger partial charge in [-0.15, -0.1) is 0 Å². The molecule has 3 aromatic carbocycles. The highest BCUT2D eigenvalue weighted by atomic mass is 16.7. The Balaban J connectivity index is 1.43. The van der Waals surface area contributed by atoms with Crippen LogP contribution in [0.5, 0.6) is 34.5 Å². The van der Waals surface area contributed by atoms with Crippen LogP contribution in [0, 0.1) is 11.8 Å². The van der Waals surface area contributed by atoms with E-state index in [2.05, 4.69) is 0 Å². The van der Waals surface area contributed by atoms with E-state index in [4.69, 9.17) is 33.2 Å². The maximum Gasteiger partial charge on any atom is 0.338 e. The second kappa shape index (κ2) is 17.4. The Hall–Kier alpha value is -4.31. The molecule has 1 fully saturated rings. The molecule has 14 heteroatoms. The fraction of sp³-hybridized carbons (Fsp3) is 0.457. The van der Waals surface area contributed by atoms with Crippen molar-refractivity contribution in [3.8, 4) is 34.5 Å². The number of carbonyl (C=O) groups excluding carboxylic acids is 1. The number of aromatic hydroxyl groups is 1. The Morgan fingerprint density at radius 2 is 1.24 bits per heavy atom. The Labute approximate surface area is 283 Å². The number of phenols is 1. The van der Waals surface area contributed by atoms with Crippen LogP contribution in [-0.2, 0) is 22.3 Å². The lowest BCUT2D eigenvalue weighted by atomic mass is 9.83. The van der Waals surface area contributed by atoms with Crippen molar-refractivity contribution in [2.75, 3.05) is 48.3 Å². The third-order valence-electron chi connectivity index (χ3n) is 8.51. The highest BCUT2D eigenvalue weighted by molar-refractivity contribution is 5.90. The third kappa shape index (κ3) is 9.03. The molecule has 0 saturated carbocycles. The van der Waals surface area contributed by atoms with E-state index in [1.54, 1.807) is 30.3 Å². The van der Waals surface area contributed by atoms with Gasteiger partial charge in [0, 0.05) is 13.2 Å². The number of hydrogen-bond donors (Lipinski definition) is 6. The summed E-state index contributed by atoms with van der Waals surface area (Å²) in [5.41, 5.74) is 1.72. The van der Waals surface area contributed by atoms with Gasteiger partial charge in [0.25, 0.3) is 0 Å². The average Bonchev–Trinajstić information content (AvgIpc) is 3.13. The van der Waals surface area contributed by atoms with Crippen LogP contribution in [0.3, 0.4) is 0 Å². The van der Waals surface area contributed by atoms with Gasteiger partial charge in [0.2, 0.25) is 6.29 Å². The van der Waals surface area contributed by atoms with Crippen molar-refractivity contribution in [3.05, 3.63) is 71.3 Å². The largest absolute Gasteiger partial charge is 0.504 e. The summed E-state index contributed by atoms with van der Waals surface area (Å²) >= 11 is 0. The first-order valence-corrected chi connectivity index (χ1v) is 15.6. The van der Waals surface area contributed by atoms with Gasteiger partial charge < -0.3 is 63.8 Å². The number of benzene rings is 3. The first-order chi connectivity index (χ1) is 23.6. The number of phenolic OH excluding ortho intramolecular Hbond substituents is 1. The molecule has 1 aliphatic rings. The van der Waals surface area contributed by atoms with Crippen LogP contribution in [0.15, 0.2) is 54.6 Å². The highest BCUT2D eigenvalue weighted by Crippen LogP contribution is 2.35. The quantitative estimate of drug-likeness (QED) is 0.118. The summed E-state index contributed by atoms with van der Waals surface area (Å²) in [6.07, 6.45) is -6.90. The molecule has 0 unspecified atom stereocenters. The van der Waals surface area contributed by atoms with Gasteiger partial charge >= 0.3 is 5.97 Å². The second-order valence-electron chi connectivity index (χ2n) is 11.6. The molecule has 14 nitrogen and oxygen atoms in total. The monoisotopic (exact) mass is 688 g/mol. The maximum atomic E-state index is 12.7. The molecule has 1 heterocycles. The first kappa shape index (κ1) is 37.5. The number of ether oxygens (including phenoxy) is 7. The fourth-order valence-corrected chi connectivity index (χ4v) is 5.63. The van der Waals surface area contributed by atoms with Gasteiger partial charge in [0.05, 0.1) is 34.0 Å². The normalized spacial score (nSPS) is 21.7. The van der Waals surface area contributed by atoms with Gasteiger partial charge in [-0.25, -0.2) is 4.79 Å². The number of aliphatic hydroxyl groups is 5. The van der Waals surface area contributed by atoms with Crippen molar-refractivity contribution in [1.82, 2.24) is 0 Å². The minimum atomic E-state index is -1.69. The molecular formula is C35H44O14. The van der Waals surface area contributed by atoms with E-state index in [9.17, 15) is 35.4 Å². The van der Waals surface area contributed by atoms with Crippen LogP contribution in [-0.4, -0.2) is 116 Å². The Morgan fingerprint density at radius 3 is 1.84 bits per heavy atom. The van der Waals surface area contributed by atoms with Crippen LogP contribution in [0.1, 0.15) is 21.5 Å². The van der Waals surface area contributed by atoms with Crippen LogP contribution in [0.4, 0.5) is 0 Å². The molecule has 49 heavy (non-hydrogen) atoms. The molecule has 4 rings (SSSR count). The van der Waals surface area contributed by atoms with Crippen molar-refractivity contribution >= 4 is 5.97 Å². The topological polar surface area (TPSA) is 203 Å². The highest BCUT2D eigenvalue weighted by Gasteiger charge is 2.45. The van der Waals surface area contributed by atoms with Crippen molar-refractivity contribution in [3.63, 3.8) is 0 Å². The van der Waals surface area contributed by atoms with Crippen LogP contribution < -0.4 is 23.7 Å². The predicted octanol–water partition coefficient (Wildman–Crippen LogP) is 1.47. The van der Waals surface area contributed by atoms with E-state index in [-0.39, 0.29) is 47.9 Å². The van der Waals surface area contributed by atoms with Gasteiger partial charge in [-0.3, -0.25) is 0 Å². The van der Waals surface area contributed by atoms with Crippen LogP contribution in [0.2, 0.25) is 0 Å². The molecule has 268 valence electrons. The number of carbonyl (C=O) groups is 1. The van der Waals surface area contributed by atoms with Crippen molar-refractivity contribution in [2.24, 2.45) is 11.8 Å². The summed E-state index contributed by atoms with van der Waals surface area (Å²) in [6.45, 7) is -0.872.